The maximum Gasteiger partial charge on any atom is 0.311 e. The fraction of sp³-hybridized carbons (Fsp3) is 0.238. The van der Waals surface area contributed by atoms with Crippen LogP contribution < -0.4 is 4.90 Å². The summed E-state index contributed by atoms with van der Waals surface area (Å²) in [5.41, 5.74) is 1.03. The Morgan fingerprint density at radius 3 is 2.48 bits per heavy atom. The zero-order valence-corrected chi connectivity index (χ0v) is 16.6. The molecule has 0 amide bonds. The molecule has 29 heavy (non-hydrogen) atoms. The SMILES string of the molecule is CS(=O)(=O)c1cccc(N2CC(OCc3cccc4ccccc34)C2)c1[N+](=O)[O-]. The van der Waals surface area contributed by atoms with Crippen LogP contribution in [-0.2, 0) is 21.2 Å². The van der Waals surface area contributed by atoms with E-state index in [1.54, 1.807) is 11.0 Å². The van der Waals surface area contributed by atoms with E-state index in [1.165, 1.54) is 12.1 Å². The van der Waals surface area contributed by atoms with Gasteiger partial charge in [0.05, 0.1) is 17.6 Å². The lowest BCUT2D eigenvalue weighted by Gasteiger charge is -2.40. The van der Waals surface area contributed by atoms with E-state index in [1.807, 2.05) is 24.3 Å². The monoisotopic (exact) mass is 412 g/mol. The van der Waals surface area contributed by atoms with Crippen LogP contribution >= 0.6 is 0 Å². The number of nitro benzene ring substituents is 1. The molecule has 0 atom stereocenters. The molecule has 1 heterocycles. The van der Waals surface area contributed by atoms with Gasteiger partial charge in [0, 0.05) is 19.3 Å². The van der Waals surface area contributed by atoms with Gasteiger partial charge in [-0.3, -0.25) is 10.1 Å². The molecular formula is C21H20N2O5S. The molecule has 0 saturated carbocycles. The summed E-state index contributed by atoms with van der Waals surface area (Å²) in [6.45, 7) is 1.39. The van der Waals surface area contributed by atoms with E-state index in [-0.39, 0.29) is 16.7 Å². The van der Waals surface area contributed by atoms with Gasteiger partial charge < -0.3 is 9.64 Å². The number of nitro groups is 1. The lowest BCUT2D eigenvalue weighted by molar-refractivity contribution is -0.387. The molecule has 3 aromatic rings. The molecule has 1 saturated heterocycles. The van der Waals surface area contributed by atoms with Crippen molar-refractivity contribution < 1.29 is 18.1 Å². The molecule has 150 valence electrons. The third-order valence-corrected chi connectivity index (χ3v) is 6.23. The predicted molar refractivity (Wildman–Crippen MR) is 111 cm³/mol. The molecule has 0 unspecified atom stereocenters. The van der Waals surface area contributed by atoms with Crippen molar-refractivity contribution in [1.29, 1.82) is 0 Å². The van der Waals surface area contributed by atoms with Crippen LogP contribution in [0.3, 0.4) is 0 Å². The molecule has 1 fully saturated rings. The first-order valence-electron chi connectivity index (χ1n) is 9.15. The zero-order valence-electron chi connectivity index (χ0n) is 15.8. The maximum absolute atomic E-state index is 11.9. The van der Waals surface area contributed by atoms with Gasteiger partial charge in [0.15, 0.2) is 9.84 Å². The van der Waals surface area contributed by atoms with Crippen LogP contribution in [0, 0.1) is 10.1 Å². The molecule has 8 heteroatoms. The fourth-order valence-electron chi connectivity index (χ4n) is 3.61. The van der Waals surface area contributed by atoms with E-state index < -0.39 is 14.8 Å². The minimum Gasteiger partial charge on any atom is -0.370 e. The highest BCUT2D eigenvalue weighted by molar-refractivity contribution is 7.90. The average Bonchev–Trinajstić information content (AvgIpc) is 2.65. The zero-order chi connectivity index (χ0) is 20.6. The number of fused-ring (bicyclic) bond motifs is 1. The minimum atomic E-state index is -3.70. The molecule has 0 aliphatic carbocycles. The molecule has 1 aliphatic heterocycles. The third-order valence-electron chi connectivity index (χ3n) is 5.10. The Hall–Kier alpha value is -2.97. The van der Waals surface area contributed by atoms with Gasteiger partial charge in [-0.05, 0) is 28.5 Å². The molecule has 0 aromatic heterocycles. The van der Waals surface area contributed by atoms with Crippen molar-refractivity contribution in [3.05, 3.63) is 76.3 Å². The van der Waals surface area contributed by atoms with Crippen molar-refractivity contribution in [1.82, 2.24) is 0 Å². The molecule has 0 N–H and O–H groups in total. The Balaban J connectivity index is 1.47. The highest BCUT2D eigenvalue weighted by Crippen LogP contribution is 2.37. The second kappa shape index (κ2) is 7.46. The molecular weight excluding hydrogens is 392 g/mol. The van der Waals surface area contributed by atoms with Crippen LogP contribution in [0.5, 0.6) is 0 Å². The number of benzene rings is 3. The van der Waals surface area contributed by atoms with Crippen molar-refractivity contribution in [2.24, 2.45) is 0 Å². The second-order valence-electron chi connectivity index (χ2n) is 7.13. The van der Waals surface area contributed by atoms with Crippen LogP contribution in [0.25, 0.3) is 10.8 Å². The maximum atomic E-state index is 11.9. The van der Waals surface area contributed by atoms with Crippen LogP contribution in [0.1, 0.15) is 5.56 Å². The summed E-state index contributed by atoms with van der Waals surface area (Å²) in [6, 6.07) is 18.5. The molecule has 4 rings (SSSR count). The Labute approximate surface area is 168 Å². The summed E-state index contributed by atoms with van der Waals surface area (Å²) in [7, 11) is -3.70. The summed E-state index contributed by atoms with van der Waals surface area (Å²) in [4.78, 5) is 12.4. The first kappa shape index (κ1) is 19.4. The molecule has 1 aliphatic rings. The Morgan fingerprint density at radius 2 is 1.76 bits per heavy atom. The summed E-state index contributed by atoms with van der Waals surface area (Å²) >= 11 is 0. The highest BCUT2D eigenvalue weighted by Gasteiger charge is 2.35. The van der Waals surface area contributed by atoms with Gasteiger partial charge in [-0.1, -0.05) is 48.5 Å². The number of anilines is 1. The van der Waals surface area contributed by atoms with Crippen LogP contribution in [-0.4, -0.2) is 38.8 Å². The van der Waals surface area contributed by atoms with Gasteiger partial charge in [-0.2, -0.15) is 0 Å². The predicted octanol–water partition coefficient (Wildman–Crippen LogP) is 3.56. The van der Waals surface area contributed by atoms with Gasteiger partial charge in [-0.15, -0.1) is 0 Å². The van der Waals surface area contributed by atoms with Crippen LogP contribution in [0.2, 0.25) is 0 Å². The molecule has 0 bridgehead atoms. The quantitative estimate of drug-likeness (QED) is 0.454. The number of hydrogen-bond acceptors (Lipinski definition) is 6. The normalized spacial score (nSPS) is 14.7. The molecule has 3 aromatic carbocycles. The average molecular weight is 412 g/mol. The van der Waals surface area contributed by atoms with Gasteiger partial charge in [0.1, 0.15) is 10.6 Å². The number of para-hydroxylation sites is 1. The number of sulfone groups is 1. The van der Waals surface area contributed by atoms with Crippen molar-refractivity contribution >= 4 is 32.0 Å². The van der Waals surface area contributed by atoms with E-state index in [2.05, 4.69) is 18.2 Å². The smallest absolute Gasteiger partial charge is 0.311 e. The fourth-order valence-corrected chi connectivity index (χ4v) is 4.47. The van der Waals surface area contributed by atoms with Gasteiger partial charge in [0.25, 0.3) is 0 Å². The lowest BCUT2D eigenvalue weighted by atomic mass is 10.0. The van der Waals surface area contributed by atoms with Crippen LogP contribution in [0.4, 0.5) is 11.4 Å². The standard InChI is InChI=1S/C21H20N2O5S/c1-29(26,27)20-11-5-10-19(21(20)23(24)25)22-12-17(13-22)28-14-16-8-4-7-15-6-2-3-9-18(15)16/h2-11,17H,12-14H2,1H3. The number of hydrogen-bond donors (Lipinski definition) is 0. The van der Waals surface area contributed by atoms with E-state index >= 15 is 0 Å². The number of rotatable bonds is 6. The Morgan fingerprint density at radius 1 is 1.07 bits per heavy atom. The number of ether oxygens (including phenoxy) is 1. The van der Waals surface area contributed by atoms with E-state index in [0.717, 1.165) is 22.6 Å². The number of nitrogens with zero attached hydrogens (tertiary/aromatic N) is 2. The molecule has 7 nitrogen and oxygen atoms in total. The van der Waals surface area contributed by atoms with Crippen LogP contribution in [0.15, 0.2) is 65.6 Å². The molecule has 0 spiro atoms. The summed E-state index contributed by atoms with van der Waals surface area (Å²) < 4.78 is 29.8. The highest BCUT2D eigenvalue weighted by atomic mass is 32.2. The lowest BCUT2D eigenvalue weighted by Crippen LogP contribution is -2.52. The van der Waals surface area contributed by atoms with Gasteiger partial charge in [-0.25, -0.2) is 8.42 Å². The van der Waals surface area contributed by atoms with Crippen molar-refractivity contribution in [2.45, 2.75) is 17.6 Å². The van der Waals surface area contributed by atoms with Crippen molar-refractivity contribution in [2.75, 3.05) is 24.2 Å². The van der Waals surface area contributed by atoms with Gasteiger partial charge >= 0.3 is 5.69 Å². The largest absolute Gasteiger partial charge is 0.370 e. The Bertz CT molecular complexity index is 1180. The topological polar surface area (TPSA) is 89.8 Å². The third kappa shape index (κ3) is 3.81. The van der Waals surface area contributed by atoms with E-state index in [4.69, 9.17) is 4.74 Å². The van der Waals surface area contributed by atoms with Crippen molar-refractivity contribution in [3.63, 3.8) is 0 Å². The Kier molecular flexibility index (Phi) is 4.97. The first-order chi connectivity index (χ1) is 13.8. The van der Waals surface area contributed by atoms with E-state index in [0.29, 0.717) is 25.4 Å². The minimum absolute atomic E-state index is 0.0736. The second-order valence-corrected chi connectivity index (χ2v) is 9.11. The van der Waals surface area contributed by atoms with Gasteiger partial charge in [0.2, 0.25) is 0 Å². The molecule has 0 radical (unpaired) electrons. The van der Waals surface area contributed by atoms with Crippen molar-refractivity contribution in [3.8, 4) is 0 Å². The summed E-state index contributed by atoms with van der Waals surface area (Å²) in [5.74, 6) is 0. The first-order valence-corrected chi connectivity index (χ1v) is 11.0. The summed E-state index contributed by atoms with van der Waals surface area (Å²) in [5, 5.41) is 13.8. The summed E-state index contributed by atoms with van der Waals surface area (Å²) in [6.07, 6.45) is 0.904. The van der Waals surface area contributed by atoms with E-state index in [9.17, 15) is 18.5 Å².